The highest BCUT2D eigenvalue weighted by Crippen LogP contribution is 2.41. The lowest BCUT2D eigenvalue weighted by atomic mass is 9.99. The summed E-state index contributed by atoms with van der Waals surface area (Å²) in [5, 5.41) is 4.29. The summed E-state index contributed by atoms with van der Waals surface area (Å²) in [5.41, 5.74) is 9.04. The highest BCUT2D eigenvalue weighted by atomic mass is 32.1. The molecule has 12 aromatic rings. The first-order valence-corrected chi connectivity index (χ1v) is 19.8. The lowest BCUT2D eigenvalue weighted by molar-refractivity contribution is 1.18. The van der Waals surface area contributed by atoms with Crippen molar-refractivity contribution in [2.24, 2.45) is 0 Å². The second kappa shape index (κ2) is 12.7. The van der Waals surface area contributed by atoms with Gasteiger partial charge in [0.15, 0.2) is 0 Å². The summed E-state index contributed by atoms with van der Waals surface area (Å²) in [4.78, 5) is 0. The molecule has 0 saturated carbocycles. The van der Waals surface area contributed by atoms with Gasteiger partial charge in [-0.2, -0.15) is 0 Å². The van der Waals surface area contributed by atoms with E-state index in [1.165, 1.54) is 0 Å². The number of rotatable bonds is 5. The van der Waals surface area contributed by atoms with Crippen molar-refractivity contribution in [1.29, 1.82) is 0 Å². The van der Waals surface area contributed by atoms with Crippen LogP contribution in [0.1, 0.15) is 9.60 Å². The molecule has 0 unspecified atom stereocenters. The number of nitrogens with zero attached hydrogens (tertiary/aromatic N) is 2. The summed E-state index contributed by atoms with van der Waals surface area (Å²) >= 11 is 1.66. The number of hydrogen-bond donors (Lipinski definition) is 0. The Labute approximate surface area is 343 Å². The zero-order valence-electron chi connectivity index (χ0n) is 37.4. The van der Waals surface area contributed by atoms with E-state index in [2.05, 4.69) is 83.4 Å². The number of aromatic nitrogens is 2. The molecule has 0 atom stereocenters. The summed E-state index contributed by atoms with van der Waals surface area (Å²) in [7, 11) is 0. The molecule has 57 heavy (non-hydrogen) atoms. The van der Waals surface area contributed by atoms with E-state index in [9.17, 15) is 6.85 Å². The van der Waals surface area contributed by atoms with Crippen molar-refractivity contribution in [3.05, 3.63) is 206 Å². The van der Waals surface area contributed by atoms with Gasteiger partial charge in [0.2, 0.25) is 0 Å². The average molecular weight is 750 g/mol. The Hall–Kier alpha value is -7.20. The molecule has 0 aliphatic rings. The van der Waals surface area contributed by atoms with Crippen LogP contribution in [0.5, 0.6) is 0 Å². The molecular formula is C54H34N2S. The molecule has 0 radical (unpaired) electrons. The Bertz CT molecular complexity index is 3910. The van der Waals surface area contributed by atoms with E-state index >= 15 is 0 Å². The Balaban J connectivity index is 1.11. The van der Waals surface area contributed by atoms with Gasteiger partial charge in [-0.05, 0) is 106 Å². The van der Waals surface area contributed by atoms with Gasteiger partial charge in [0, 0.05) is 53.1 Å². The second-order valence-corrected chi connectivity index (χ2v) is 15.5. The molecule has 0 fully saturated rings. The number of thiophene rings is 1. The van der Waals surface area contributed by atoms with Crippen LogP contribution < -0.4 is 0 Å². The normalized spacial score (nSPS) is 13.6. The quantitative estimate of drug-likeness (QED) is 0.166. The van der Waals surface area contributed by atoms with Crippen LogP contribution in [0, 0.1) is 0 Å². The molecule has 3 heterocycles. The molecule has 0 saturated heterocycles. The van der Waals surface area contributed by atoms with Gasteiger partial charge in [-0.1, -0.05) is 133 Å². The van der Waals surface area contributed by atoms with E-state index < -0.39 is 12.1 Å². The fraction of sp³-hybridized carbons (Fsp3) is 0. The van der Waals surface area contributed by atoms with Gasteiger partial charge in [-0.15, -0.1) is 11.3 Å². The molecule has 3 aromatic heterocycles. The first-order valence-electron chi connectivity index (χ1n) is 22.4. The topological polar surface area (TPSA) is 9.86 Å². The first kappa shape index (κ1) is 25.8. The fourth-order valence-electron chi connectivity index (χ4n) is 8.47. The summed E-state index contributed by atoms with van der Waals surface area (Å²) in [6.45, 7) is 0. The van der Waals surface area contributed by atoms with Crippen LogP contribution in [0.3, 0.4) is 0 Å². The van der Waals surface area contributed by atoms with Crippen LogP contribution >= 0.6 is 11.3 Å². The molecule has 2 nitrogen and oxygen atoms in total. The monoisotopic (exact) mass is 749 g/mol. The molecule has 0 aliphatic carbocycles. The van der Waals surface area contributed by atoms with Gasteiger partial charge >= 0.3 is 0 Å². The van der Waals surface area contributed by atoms with Crippen molar-refractivity contribution >= 4 is 75.1 Å². The maximum atomic E-state index is 9.93. The molecule has 0 amide bonds. The molecule has 12 rings (SSSR count). The minimum atomic E-state index is -0.417. The highest BCUT2D eigenvalue weighted by molar-refractivity contribution is 7.25. The van der Waals surface area contributed by atoms with Gasteiger partial charge < -0.3 is 9.13 Å². The molecule has 266 valence electrons. The smallest absolute Gasteiger partial charge is 0.0645 e. The van der Waals surface area contributed by atoms with Crippen molar-refractivity contribution in [2.75, 3.05) is 0 Å². The van der Waals surface area contributed by atoms with Gasteiger partial charge in [0.1, 0.15) is 0 Å². The standard InChI is InChI=1S/C54H34N2S/c1-3-11-35(12-4-1)37-19-24-41(25-20-37)55-50-28-22-39(32-47(50)44-27-21-40(33-52(44)55)36-13-5-2-6-14-36)38-23-29-51-46(31-38)43-15-7-9-17-49(43)56(51)42-26-30-54-48(34-42)45-16-8-10-18-53(45)57-54/h1-34H/i7D,9D,15D,17D,23D,29D,31D. The van der Waals surface area contributed by atoms with Gasteiger partial charge in [-0.3, -0.25) is 0 Å². The second-order valence-electron chi connectivity index (χ2n) is 14.4. The minimum Gasteiger partial charge on any atom is -0.309 e. The van der Waals surface area contributed by atoms with Crippen LogP contribution in [0.2, 0.25) is 0 Å². The van der Waals surface area contributed by atoms with Crippen LogP contribution in [0.15, 0.2) is 206 Å². The average Bonchev–Trinajstić information content (AvgIpc) is 4.00. The van der Waals surface area contributed by atoms with Crippen molar-refractivity contribution in [3.63, 3.8) is 0 Å². The van der Waals surface area contributed by atoms with E-state index in [0.717, 1.165) is 69.9 Å². The minimum absolute atomic E-state index is 0.0715. The van der Waals surface area contributed by atoms with Crippen molar-refractivity contribution in [2.45, 2.75) is 0 Å². The third-order valence-corrected chi connectivity index (χ3v) is 12.3. The maximum absolute atomic E-state index is 9.93. The molecule has 0 N–H and O–H groups in total. The van der Waals surface area contributed by atoms with E-state index in [-0.39, 0.29) is 57.6 Å². The maximum Gasteiger partial charge on any atom is 0.0645 e. The predicted octanol–water partition coefficient (Wildman–Crippen LogP) is 15.2. The van der Waals surface area contributed by atoms with E-state index in [1.54, 1.807) is 15.9 Å². The van der Waals surface area contributed by atoms with Crippen molar-refractivity contribution in [3.8, 4) is 44.8 Å². The van der Waals surface area contributed by atoms with Gasteiger partial charge in [0.05, 0.1) is 31.7 Å². The molecule has 3 heteroatoms. The van der Waals surface area contributed by atoms with Crippen LogP contribution in [-0.2, 0) is 0 Å². The molecule has 0 aliphatic heterocycles. The lowest BCUT2D eigenvalue weighted by Gasteiger charge is -2.11. The zero-order chi connectivity index (χ0) is 43.5. The van der Waals surface area contributed by atoms with Crippen molar-refractivity contribution in [1.82, 2.24) is 9.13 Å². The zero-order valence-corrected chi connectivity index (χ0v) is 31.2. The Morgan fingerprint density at radius 2 is 0.965 bits per heavy atom. The third-order valence-electron chi connectivity index (χ3n) is 11.2. The molecule has 0 spiro atoms. The predicted molar refractivity (Wildman–Crippen MR) is 244 cm³/mol. The third kappa shape index (κ3) is 5.10. The Kier molecular flexibility index (Phi) is 5.74. The fourth-order valence-corrected chi connectivity index (χ4v) is 9.55. The largest absolute Gasteiger partial charge is 0.309 e. The summed E-state index contributed by atoms with van der Waals surface area (Å²) in [5.74, 6) is 0. The Morgan fingerprint density at radius 1 is 0.333 bits per heavy atom. The van der Waals surface area contributed by atoms with E-state index in [0.29, 0.717) is 11.3 Å². The Morgan fingerprint density at radius 3 is 1.81 bits per heavy atom. The molecule has 9 aromatic carbocycles. The summed E-state index contributed by atoms with van der Waals surface area (Å²) in [6.07, 6.45) is 0. The highest BCUT2D eigenvalue weighted by Gasteiger charge is 2.18. The summed E-state index contributed by atoms with van der Waals surface area (Å²) < 4.78 is 71.2. The van der Waals surface area contributed by atoms with Crippen LogP contribution in [-0.4, -0.2) is 9.13 Å². The number of hydrogen-bond acceptors (Lipinski definition) is 1. The first-order chi connectivity index (χ1) is 31.2. The van der Waals surface area contributed by atoms with E-state index in [4.69, 9.17) is 2.74 Å². The van der Waals surface area contributed by atoms with Gasteiger partial charge in [-0.25, -0.2) is 0 Å². The number of para-hydroxylation sites is 1. The number of fused-ring (bicyclic) bond motifs is 9. The van der Waals surface area contributed by atoms with Crippen LogP contribution in [0.4, 0.5) is 0 Å². The molecular weight excluding hydrogens is 709 g/mol. The lowest BCUT2D eigenvalue weighted by Crippen LogP contribution is -1.94. The summed E-state index contributed by atoms with van der Waals surface area (Å²) in [6, 6.07) is 53.6. The number of benzene rings is 9. The van der Waals surface area contributed by atoms with E-state index in [1.807, 2.05) is 84.9 Å². The SMILES string of the molecule is [2H]c1c([2H])c([2H])c2c(c1[2H])c1c([2H])c(-c3ccc4c(c3)c3ccc(-c5ccccc5)cc3n4-c3ccc(-c4ccccc4)cc3)c([2H])c([2H])c1n2-c1ccc2sc3ccccc3c2c1. The van der Waals surface area contributed by atoms with Crippen molar-refractivity contribution < 1.29 is 9.60 Å². The van der Waals surface area contributed by atoms with Gasteiger partial charge in [0.25, 0.3) is 0 Å². The van der Waals surface area contributed by atoms with Crippen LogP contribution in [0.25, 0.3) is 109 Å². The molecule has 0 bridgehead atoms.